The third-order valence-electron chi connectivity index (χ3n) is 4.71. The highest BCUT2D eigenvalue weighted by molar-refractivity contribution is 9.10. The molecule has 0 spiro atoms. The van der Waals surface area contributed by atoms with Crippen LogP contribution < -0.4 is 4.90 Å². The Hall–Kier alpha value is -1.74. The van der Waals surface area contributed by atoms with Crippen molar-refractivity contribution in [2.45, 2.75) is 24.0 Å². The minimum atomic E-state index is -0.0883. The van der Waals surface area contributed by atoms with E-state index < -0.39 is 0 Å². The smallest absolute Gasteiger partial charge is 0.262 e. The first-order valence-corrected chi connectivity index (χ1v) is 12.2. The highest BCUT2D eigenvalue weighted by atomic mass is 79.9. The number of thiazole rings is 1. The van der Waals surface area contributed by atoms with Crippen molar-refractivity contribution in [1.82, 2.24) is 9.97 Å². The van der Waals surface area contributed by atoms with Crippen LogP contribution in [0.25, 0.3) is 11.3 Å². The van der Waals surface area contributed by atoms with Crippen LogP contribution in [-0.4, -0.2) is 41.4 Å². The Morgan fingerprint density at radius 2 is 2.17 bits per heavy atom. The lowest BCUT2D eigenvalue weighted by molar-refractivity contribution is 0.0914. The standard InChI is InChI=1S/C21H20BrN3O2S2/c1-28-19-17(5-2-10-23-19)20(26)25(12-16-4-3-11-27-16)21-24-18(13-29-21)14-6-8-15(22)9-7-14/h2,5-10,13,16H,3-4,11-12H2,1H3. The molecule has 29 heavy (non-hydrogen) atoms. The molecule has 1 aromatic carbocycles. The van der Waals surface area contributed by atoms with Gasteiger partial charge in [-0.3, -0.25) is 9.69 Å². The van der Waals surface area contributed by atoms with Gasteiger partial charge in [0.25, 0.3) is 5.91 Å². The first-order valence-electron chi connectivity index (χ1n) is 9.29. The van der Waals surface area contributed by atoms with Crippen LogP contribution in [0.3, 0.4) is 0 Å². The van der Waals surface area contributed by atoms with E-state index in [1.54, 1.807) is 17.2 Å². The van der Waals surface area contributed by atoms with Crippen molar-refractivity contribution < 1.29 is 9.53 Å². The third kappa shape index (κ3) is 4.71. The summed E-state index contributed by atoms with van der Waals surface area (Å²) in [5.74, 6) is -0.0883. The fourth-order valence-electron chi connectivity index (χ4n) is 3.24. The van der Waals surface area contributed by atoms with Crippen LogP contribution in [0.1, 0.15) is 23.2 Å². The molecule has 8 heteroatoms. The number of rotatable bonds is 6. The number of pyridine rings is 1. The maximum absolute atomic E-state index is 13.5. The van der Waals surface area contributed by atoms with Crippen LogP contribution in [0, 0.1) is 0 Å². The largest absolute Gasteiger partial charge is 0.376 e. The SMILES string of the molecule is CSc1ncccc1C(=O)N(CC1CCCO1)c1nc(-c2ccc(Br)cc2)cs1. The number of benzene rings is 1. The molecule has 150 valence electrons. The fourth-order valence-corrected chi connectivity index (χ4v) is 4.89. The molecule has 1 aliphatic heterocycles. The number of carbonyl (C=O) groups excluding carboxylic acids is 1. The Labute approximate surface area is 186 Å². The van der Waals surface area contributed by atoms with E-state index in [9.17, 15) is 4.79 Å². The van der Waals surface area contributed by atoms with E-state index in [1.807, 2.05) is 42.0 Å². The van der Waals surface area contributed by atoms with Crippen molar-refractivity contribution in [2.75, 3.05) is 24.3 Å². The van der Waals surface area contributed by atoms with Crippen LogP contribution in [0.4, 0.5) is 5.13 Å². The average molecular weight is 490 g/mol. The summed E-state index contributed by atoms with van der Waals surface area (Å²) in [5, 5.41) is 3.39. The second-order valence-electron chi connectivity index (χ2n) is 6.63. The highest BCUT2D eigenvalue weighted by Crippen LogP contribution is 2.31. The van der Waals surface area contributed by atoms with Crippen LogP contribution in [0.5, 0.6) is 0 Å². The zero-order chi connectivity index (χ0) is 20.2. The quantitative estimate of drug-likeness (QED) is 0.426. The second-order valence-corrected chi connectivity index (χ2v) is 9.18. The van der Waals surface area contributed by atoms with E-state index in [1.165, 1.54) is 23.1 Å². The average Bonchev–Trinajstić information content (AvgIpc) is 3.44. The molecule has 3 heterocycles. The van der Waals surface area contributed by atoms with Gasteiger partial charge in [-0.2, -0.15) is 0 Å². The highest BCUT2D eigenvalue weighted by Gasteiger charge is 2.28. The van der Waals surface area contributed by atoms with Gasteiger partial charge in [-0.25, -0.2) is 9.97 Å². The van der Waals surface area contributed by atoms with Gasteiger partial charge in [-0.15, -0.1) is 23.1 Å². The van der Waals surface area contributed by atoms with Gasteiger partial charge in [-0.1, -0.05) is 28.1 Å². The zero-order valence-electron chi connectivity index (χ0n) is 15.9. The monoisotopic (exact) mass is 489 g/mol. The number of ether oxygens (including phenoxy) is 1. The summed E-state index contributed by atoms with van der Waals surface area (Å²) in [6, 6.07) is 11.6. The fraction of sp³-hybridized carbons (Fsp3) is 0.286. The number of hydrogen-bond donors (Lipinski definition) is 0. The van der Waals surface area contributed by atoms with E-state index in [0.717, 1.165) is 40.2 Å². The molecule has 0 N–H and O–H groups in total. The number of halogens is 1. The molecule has 1 unspecified atom stereocenters. The third-order valence-corrected chi connectivity index (χ3v) is 6.82. The van der Waals surface area contributed by atoms with Gasteiger partial charge in [0.05, 0.1) is 23.9 Å². The predicted molar refractivity (Wildman–Crippen MR) is 122 cm³/mol. The van der Waals surface area contributed by atoms with Crippen molar-refractivity contribution in [1.29, 1.82) is 0 Å². The molecule has 0 aliphatic carbocycles. The van der Waals surface area contributed by atoms with Crippen molar-refractivity contribution >= 4 is 50.1 Å². The molecule has 1 fully saturated rings. The molecule has 3 aromatic rings. The summed E-state index contributed by atoms with van der Waals surface area (Å²) in [7, 11) is 0. The summed E-state index contributed by atoms with van der Waals surface area (Å²) in [5.41, 5.74) is 2.48. The van der Waals surface area contributed by atoms with E-state index in [2.05, 4.69) is 20.9 Å². The van der Waals surface area contributed by atoms with Crippen molar-refractivity contribution in [2.24, 2.45) is 0 Å². The van der Waals surface area contributed by atoms with E-state index in [0.29, 0.717) is 17.2 Å². The zero-order valence-corrected chi connectivity index (χ0v) is 19.1. The summed E-state index contributed by atoms with van der Waals surface area (Å²) in [4.78, 5) is 24.4. The molecule has 0 saturated carbocycles. The molecule has 1 amide bonds. The first kappa shape index (κ1) is 20.5. The summed E-state index contributed by atoms with van der Waals surface area (Å²) in [6.07, 6.45) is 5.66. The molecule has 0 radical (unpaired) electrons. The molecule has 5 nitrogen and oxygen atoms in total. The molecule has 2 aromatic heterocycles. The lowest BCUT2D eigenvalue weighted by Crippen LogP contribution is -2.37. The number of hydrogen-bond acceptors (Lipinski definition) is 6. The number of anilines is 1. The number of thioether (sulfide) groups is 1. The Morgan fingerprint density at radius 3 is 2.90 bits per heavy atom. The Morgan fingerprint density at radius 1 is 1.34 bits per heavy atom. The van der Waals surface area contributed by atoms with E-state index in [4.69, 9.17) is 9.72 Å². The van der Waals surface area contributed by atoms with Gasteiger partial charge in [0.15, 0.2) is 5.13 Å². The minimum Gasteiger partial charge on any atom is -0.376 e. The molecule has 0 bridgehead atoms. The molecule has 4 rings (SSSR count). The number of carbonyl (C=O) groups is 1. The van der Waals surface area contributed by atoms with Crippen LogP contribution in [0.15, 0.2) is 57.5 Å². The molecule has 1 saturated heterocycles. The van der Waals surface area contributed by atoms with Crippen molar-refractivity contribution in [3.63, 3.8) is 0 Å². The maximum Gasteiger partial charge on any atom is 0.262 e. The predicted octanol–water partition coefficient (Wildman–Crippen LogP) is 5.52. The molecule has 1 atom stereocenters. The number of nitrogens with zero attached hydrogens (tertiary/aromatic N) is 3. The number of aromatic nitrogens is 2. The van der Waals surface area contributed by atoms with E-state index >= 15 is 0 Å². The molecular formula is C21H20BrN3O2S2. The lowest BCUT2D eigenvalue weighted by atomic mass is 10.2. The van der Waals surface area contributed by atoms with Gasteiger partial charge in [0.2, 0.25) is 0 Å². The molecule has 1 aliphatic rings. The first-order chi connectivity index (χ1) is 14.2. The lowest BCUT2D eigenvalue weighted by Gasteiger charge is -2.23. The topological polar surface area (TPSA) is 55.3 Å². The Bertz CT molecular complexity index is 988. The van der Waals surface area contributed by atoms with Crippen molar-refractivity contribution in [3.05, 3.63) is 58.0 Å². The summed E-state index contributed by atoms with van der Waals surface area (Å²) < 4.78 is 6.83. The Balaban J connectivity index is 1.67. The van der Waals surface area contributed by atoms with Gasteiger partial charge < -0.3 is 4.74 Å². The van der Waals surface area contributed by atoms with Gasteiger partial charge >= 0.3 is 0 Å². The van der Waals surface area contributed by atoms with Gasteiger partial charge in [0.1, 0.15) is 5.03 Å². The van der Waals surface area contributed by atoms with Crippen molar-refractivity contribution in [3.8, 4) is 11.3 Å². The van der Waals surface area contributed by atoms with Gasteiger partial charge in [-0.05, 0) is 43.4 Å². The maximum atomic E-state index is 13.5. The van der Waals surface area contributed by atoms with Crippen LogP contribution >= 0.6 is 39.0 Å². The van der Waals surface area contributed by atoms with Gasteiger partial charge in [0, 0.05) is 28.2 Å². The minimum absolute atomic E-state index is 0.0355. The normalized spacial score (nSPS) is 16.1. The second kappa shape index (κ2) is 9.38. The summed E-state index contributed by atoms with van der Waals surface area (Å²) in [6.45, 7) is 1.24. The molecular weight excluding hydrogens is 470 g/mol. The summed E-state index contributed by atoms with van der Waals surface area (Å²) >= 11 is 6.41. The van der Waals surface area contributed by atoms with E-state index in [-0.39, 0.29) is 12.0 Å². The number of amides is 1. The Kier molecular flexibility index (Phi) is 6.64. The van der Waals surface area contributed by atoms with Crippen LogP contribution in [0.2, 0.25) is 0 Å². The van der Waals surface area contributed by atoms with Crippen LogP contribution in [-0.2, 0) is 4.74 Å².